The molecule has 28 heavy (non-hydrogen) atoms. The van der Waals surface area contributed by atoms with Crippen LogP contribution in [0.4, 0.5) is 0 Å². The smallest absolute Gasteiger partial charge is 0.263 e. The number of aromatic nitrogens is 3. The zero-order chi connectivity index (χ0) is 19.5. The first-order valence-electron chi connectivity index (χ1n) is 9.04. The van der Waals surface area contributed by atoms with Crippen molar-refractivity contribution in [3.8, 4) is 0 Å². The highest BCUT2D eigenvalue weighted by molar-refractivity contribution is 7.09. The molecule has 0 aliphatic heterocycles. The highest BCUT2D eigenvalue weighted by atomic mass is 32.1. The quantitative estimate of drug-likeness (QED) is 0.529. The predicted octanol–water partition coefficient (Wildman–Crippen LogP) is 3.27. The Balaban J connectivity index is 1.52. The van der Waals surface area contributed by atoms with Crippen LogP contribution in [-0.4, -0.2) is 20.4 Å². The second-order valence-corrected chi connectivity index (χ2v) is 7.60. The fraction of sp³-hybridized carbons (Fsp3) is 0.190. The Morgan fingerprint density at radius 1 is 1.29 bits per heavy atom. The lowest BCUT2D eigenvalue weighted by atomic mass is 10.1. The highest BCUT2D eigenvalue weighted by Gasteiger charge is 2.16. The van der Waals surface area contributed by atoms with Gasteiger partial charge in [0.1, 0.15) is 5.56 Å². The summed E-state index contributed by atoms with van der Waals surface area (Å²) in [6.07, 6.45) is 6.15. The molecule has 0 aliphatic rings. The van der Waals surface area contributed by atoms with Gasteiger partial charge in [-0.15, -0.1) is 11.3 Å². The third-order valence-corrected chi connectivity index (χ3v) is 5.58. The van der Waals surface area contributed by atoms with E-state index in [0.717, 1.165) is 21.3 Å². The largest absolute Gasteiger partial charge is 0.361 e. The molecule has 6 nitrogen and oxygen atoms in total. The first kappa shape index (κ1) is 18.2. The highest BCUT2D eigenvalue weighted by Crippen LogP contribution is 2.18. The monoisotopic (exact) mass is 392 g/mol. The van der Waals surface area contributed by atoms with Gasteiger partial charge in [-0.1, -0.05) is 18.2 Å². The molecule has 4 rings (SSSR count). The number of nitrogens with zero attached hydrogens (tertiary/aromatic N) is 2. The zero-order valence-electron chi connectivity index (χ0n) is 15.4. The fourth-order valence-corrected chi connectivity index (χ4v) is 3.82. The van der Waals surface area contributed by atoms with Gasteiger partial charge in [0.2, 0.25) is 0 Å². The van der Waals surface area contributed by atoms with Gasteiger partial charge < -0.3 is 14.9 Å². The lowest BCUT2D eigenvalue weighted by Gasteiger charge is -2.11. The van der Waals surface area contributed by atoms with Crippen molar-refractivity contribution in [2.24, 2.45) is 0 Å². The van der Waals surface area contributed by atoms with Crippen molar-refractivity contribution in [3.63, 3.8) is 0 Å². The SMILES string of the molecule is Cc1ccn(CCc2c[nH]c3ccccc23)c(=O)c1C(=O)NCc1cncs1. The zero-order valence-corrected chi connectivity index (χ0v) is 16.3. The summed E-state index contributed by atoms with van der Waals surface area (Å²) in [6.45, 7) is 2.66. The molecule has 3 heterocycles. The number of fused-ring (bicyclic) bond motifs is 1. The van der Waals surface area contributed by atoms with Crippen molar-refractivity contribution in [2.75, 3.05) is 0 Å². The number of H-pyrrole nitrogens is 1. The molecule has 1 aromatic carbocycles. The second-order valence-electron chi connectivity index (χ2n) is 6.63. The topological polar surface area (TPSA) is 79.8 Å². The maximum Gasteiger partial charge on any atom is 0.263 e. The van der Waals surface area contributed by atoms with Gasteiger partial charge >= 0.3 is 0 Å². The first-order valence-corrected chi connectivity index (χ1v) is 9.92. The normalized spacial score (nSPS) is 11.0. The van der Waals surface area contributed by atoms with Crippen LogP contribution >= 0.6 is 11.3 Å². The van der Waals surface area contributed by atoms with Gasteiger partial charge in [-0.3, -0.25) is 14.6 Å². The number of aryl methyl sites for hydroxylation is 3. The van der Waals surface area contributed by atoms with Gasteiger partial charge in [-0.25, -0.2) is 0 Å². The van der Waals surface area contributed by atoms with E-state index in [4.69, 9.17) is 0 Å². The molecule has 0 saturated heterocycles. The Bertz CT molecular complexity index is 1170. The van der Waals surface area contributed by atoms with Crippen LogP contribution in [0.3, 0.4) is 0 Å². The van der Waals surface area contributed by atoms with Gasteiger partial charge in [0.05, 0.1) is 12.1 Å². The summed E-state index contributed by atoms with van der Waals surface area (Å²) in [5.74, 6) is -0.350. The molecule has 1 amide bonds. The third kappa shape index (κ3) is 3.61. The van der Waals surface area contributed by atoms with Crippen LogP contribution in [-0.2, 0) is 19.5 Å². The predicted molar refractivity (Wildman–Crippen MR) is 111 cm³/mol. The number of hydrogen-bond donors (Lipinski definition) is 2. The van der Waals surface area contributed by atoms with Gasteiger partial charge in [0.25, 0.3) is 11.5 Å². The van der Waals surface area contributed by atoms with E-state index in [1.54, 1.807) is 29.4 Å². The maximum absolute atomic E-state index is 12.9. The van der Waals surface area contributed by atoms with Crippen LogP contribution < -0.4 is 10.9 Å². The number of rotatable bonds is 6. The standard InChI is InChI=1S/C21H20N4O2S/c1-14-6-8-25(9-7-15-10-23-18-5-3-2-4-17(15)18)21(27)19(14)20(26)24-12-16-11-22-13-28-16/h2-6,8,10-11,13,23H,7,9,12H2,1H3,(H,24,26). The number of benzene rings is 1. The number of aromatic amines is 1. The summed E-state index contributed by atoms with van der Waals surface area (Å²) in [7, 11) is 0. The van der Waals surface area contributed by atoms with Crippen LogP contribution in [0.15, 0.2) is 59.2 Å². The second kappa shape index (κ2) is 7.82. The van der Waals surface area contributed by atoms with E-state index >= 15 is 0 Å². The number of pyridine rings is 1. The molecule has 3 aromatic heterocycles. The molecule has 0 radical (unpaired) electrons. The molecule has 7 heteroatoms. The molecule has 0 atom stereocenters. The maximum atomic E-state index is 12.9. The Hall–Kier alpha value is -3.19. The van der Waals surface area contributed by atoms with Crippen molar-refractivity contribution in [1.29, 1.82) is 0 Å². The van der Waals surface area contributed by atoms with E-state index in [0.29, 0.717) is 25.1 Å². The number of carbonyl (C=O) groups excluding carboxylic acids is 1. The van der Waals surface area contributed by atoms with E-state index in [1.807, 2.05) is 30.5 Å². The summed E-state index contributed by atoms with van der Waals surface area (Å²) in [5.41, 5.74) is 4.56. The number of hydrogen-bond acceptors (Lipinski definition) is 4. The summed E-state index contributed by atoms with van der Waals surface area (Å²) < 4.78 is 1.61. The summed E-state index contributed by atoms with van der Waals surface area (Å²) in [4.78, 5) is 33.7. The lowest BCUT2D eigenvalue weighted by molar-refractivity contribution is 0.0948. The van der Waals surface area contributed by atoms with Gasteiger partial charge in [0.15, 0.2) is 0 Å². The molecule has 0 aliphatic carbocycles. The minimum absolute atomic E-state index is 0.200. The molecule has 0 unspecified atom stereocenters. The Kier molecular flexibility index (Phi) is 5.08. The average Bonchev–Trinajstić information content (AvgIpc) is 3.36. The number of amides is 1. The molecule has 0 bridgehead atoms. The number of nitrogens with one attached hydrogen (secondary N) is 2. The Morgan fingerprint density at radius 2 is 2.14 bits per heavy atom. The molecule has 0 fully saturated rings. The van der Waals surface area contributed by atoms with E-state index in [-0.39, 0.29) is 17.0 Å². The third-order valence-electron chi connectivity index (χ3n) is 4.80. The molecule has 142 valence electrons. The van der Waals surface area contributed by atoms with Crippen LogP contribution in [0.5, 0.6) is 0 Å². The van der Waals surface area contributed by atoms with E-state index in [1.165, 1.54) is 11.3 Å². The summed E-state index contributed by atoms with van der Waals surface area (Å²) >= 11 is 1.47. The van der Waals surface area contributed by atoms with E-state index in [9.17, 15) is 9.59 Å². The molecular weight excluding hydrogens is 372 g/mol. The van der Waals surface area contributed by atoms with E-state index in [2.05, 4.69) is 21.4 Å². The van der Waals surface area contributed by atoms with Crippen LogP contribution in [0.25, 0.3) is 10.9 Å². The Labute approximate surface area is 165 Å². The molecule has 2 N–H and O–H groups in total. The lowest BCUT2D eigenvalue weighted by Crippen LogP contribution is -2.34. The summed E-state index contributed by atoms with van der Waals surface area (Å²) in [5, 5.41) is 3.97. The first-order chi connectivity index (χ1) is 13.6. The van der Waals surface area contributed by atoms with Gasteiger partial charge in [-0.05, 0) is 36.6 Å². The minimum atomic E-state index is -0.350. The van der Waals surface area contributed by atoms with Crippen molar-refractivity contribution in [3.05, 3.63) is 86.4 Å². The van der Waals surface area contributed by atoms with Crippen molar-refractivity contribution in [2.45, 2.75) is 26.4 Å². The molecule has 0 spiro atoms. The fourth-order valence-electron chi connectivity index (χ4n) is 3.28. The summed E-state index contributed by atoms with van der Waals surface area (Å²) in [6, 6.07) is 9.91. The van der Waals surface area contributed by atoms with Crippen molar-refractivity contribution in [1.82, 2.24) is 19.9 Å². The van der Waals surface area contributed by atoms with Gasteiger partial charge in [-0.2, -0.15) is 0 Å². The number of carbonyl (C=O) groups is 1. The van der Waals surface area contributed by atoms with Gasteiger partial charge in [0, 0.05) is 40.9 Å². The van der Waals surface area contributed by atoms with Crippen LogP contribution in [0.2, 0.25) is 0 Å². The molecular formula is C21H20N4O2S. The van der Waals surface area contributed by atoms with E-state index < -0.39 is 0 Å². The van der Waals surface area contributed by atoms with Crippen molar-refractivity contribution < 1.29 is 4.79 Å². The van der Waals surface area contributed by atoms with Crippen LogP contribution in [0.1, 0.15) is 26.4 Å². The van der Waals surface area contributed by atoms with Crippen molar-refractivity contribution >= 4 is 28.1 Å². The average molecular weight is 392 g/mol. The van der Waals surface area contributed by atoms with Crippen LogP contribution in [0, 0.1) is 6.92 Å². The number of thiazole rings is 1. The number of para-hydroxylation sites is 1. The molecule has 0 saturated carbocycles. The molecule has 4 aromatic rings. The Morgan fingerprint density at radius 3 is 2.96 bits per heavy atom. The minimum Gasteiger partial charge on any atom is -0.361 e.